The highest BCUT2D eigenvalue weighted by Gasteiger charge is 2.27. The Labute approximate surface area is 114 Å². The van der Waals surface area contributed by atoms with Crippen molar-refractivity contribution in [3.8, 4) is 5.82 Å². The lowest BCUT2D eigenvalue weighted by molar-refractivity contribution is 0.0521. The highest BCUT2D eigenvalue weighted by molar-refractivity contribution is 7.89. The van der Waals surface area contributed by atoms with E-state index in [9.17, 15) is 13.2 Å². The molecule has 0 aromatic carbocycles. The van der Waals surface area contributed by atoms with Crippen LogP contribution in [0.15, 0.2) is 29.8 Å². The molecule has 0 saturated carbocycles. The molecule has 0 amide bonds. The molecule has 106 valence electrons. The van der Waals surface area contributed by atoms with Crippen LogP contribution < -0.4 is 5.14 Å². The maximum atomic E-state index is 11.7. The summed E-state index contributed by atoms with van der Waals surface area (Å²) in [5.74, 6) is -0.656. The summed E-state index contributed by atoms with van der Waals surface area (Å²) in [5.41, 5.74) is -0.243. The number of primary sulfonamides is 1. The number of hydrogen-bond donors (Lipinski definition) is 1. The third-order valence-corrected chi connectivity index (χ3v) is 3.21. The van der Waals surface area contributed by atoms with Crippen LogP contribution in [0.2, 0.25) is 0 Å². The van der Waals surface area contributed by atoms with Crippen molar-refractivity contribution in [2.24, 2.45) is 5.14 Å². The third-order valence-electron chi connectivity index (χ3n) is 2.27. The third kappa shape index (κ3) is 2.65. The molecule has 0 fully saturated rings. The van der Waals surface area contributed by atoms with Crippen LogP contribution in [-0.4, -0.2) is 40.7 Å². The average molecular weight is 297 g/mol. The number of rotatable bonds is 4. The van der Waals surface area contributed by atoms with Crippen molar-refractivity contribution >= 4 is 16.0 Å². The first kappa shape index (κ1) is 14.1. The Morgan fingerprint density at radius 3 is 2.80 bits per heavy atom. The summed E-state index contributed by atoms with van der Waals surface area (Å²) < 4.78 is 29.1. The van der Waals surface area contributed by atoms with E-state index in [1.54, 1.807) is 6.92 Å². The van der Waals surface area contributed by atoms with Crippen molar-refractivity contribution in [3.63, 3.8) is 0 Å². The summed E-state index contributed by atoms with van der Waals surface area (Å²) >= 11 is 0. The van der Waals surface area contributed by atoms with Gasteiger partial charge in [0, 0.05) is 12.3 Å². The molecule has 2 aromatic rings. The first-order valence-electron chi connectivity index (χ1n) is 5.49. The molecule has 20 heavy (non-hydrogen) atoms. The Bertz CT molecular complexity index is 725. The number of ether oxygens (including phenoxy) is 1. The van der Waals surface area contributed by atoms with Crippen molar-refractivity contribution in [3.05, 3.63) is 30.4 Å². The van der Waals surface area contributed by atoms with E-state index in [2.05, 4.69) is 15.1 Å². The minimum absolute atomic E-state index is 0.0988. The van der Waals surface area contributed by atoms with Gasteiger partial charge in [0.05, 0.1) is 12.8 Å². The molecular weight excluding hydrogens is 286 g/mol. The normalized spacial score (nSPS) is 11.3. The van der Waals surface area contributed by atoms with Crippen molar-refractivity contribution in [1.29, 1.82) is 0 Å². The first-order chi connectivity index (χ1) is 9.45. The fraction of sp³-hybridized carbons (Fsp3) is 0.200. The van der Waals surface area contributed by atoms with Gasteiger partial charge < -0.3 is 4.74 Å². The molecule has 0 aliphatic carbocycles. The van der Waals surface area contributed by atoms with Gasteiger partial charge >= 0.3 is 5.97 Å². The number of carbonyl (C=O) groups excluding carboxylic acids is 1. The number of aromatic nitrogens is 4. The van der Waals surface area contributed by atoms with Gasteiger partial charge in [-0.2, -0.15) is 5.10 Å². The zero-order valence-corrected chi connectivity index (χ0v) is 11.2. The van der Waals surface area contributed by atoms with Crippen LogP contribution in [0.3, 0.4) is 0 Å². The topological polar surface area (TPSA) is 130 Å². The second-order valence-corrected chi connectivity index (χ2v) is 5.08. The summed E-state index contributed by atoms with van der Waals surface area (Å²) in [6, 6.07) is 1.43. The second kappa shape index (κ2) is 5.35. The summed E-state index contributed by atoms with van der Waals surface area (Å²) in [6.45, 7) is 1.70. The largest absolute Gasteiger partial charge is 0.462 e. The van der Waals surface area contributed by atoms with Gasteiger partial charge in [0.2, 0.25) is 0 Å². The van der Waals surface area contributed by atoms with Gasteiger partial charge in [-0.05, 0) is 6.92 Å². The van der Waals surface area contributed by atoms with Gasteiger partial charge in [0.25, 0.3) is 10.0 Å². The number of nitrogens with zero attached hydrogens (tertiary/aromatic N) is 4. The molecule has 9 nitrogen and oxygen atoms in total. The predicted octanol–water partition coefficient (Wildman–Crippen LogP) is -0.514. The lowest BCUT2D eigenvalue weighted by Crippen LogP contribution is -2.21. The molecule has 0 aliphatic rings. The molecule has 2 heterocycles. The lowest BCUT2D eigenvalue weighted by atomic mass is 10.4. The highest BCUT2D eigenvalue weighted by Crippen LogP contribution is 2.18. The van der Waals surface area contributed by atoms with Crippen molar-refractivity contribution < 1.29 is 17.9 Å². The molecule has 0 bridgehead atoms. The fourth-order valence-electron chi connectivity index (χ4n) is 1.53. The Morgan fingerprint density at radius 1 is 1.50 bits per heavy atom. The minimum atomic E-state index is -4.19. The quantitative estimate of drug-likeness (QED) is 0.752. The second-order valence-electron chi connectivity index (χ2n) is 3.61. The summed E-state index contributed by atoms with van der Waals surface area (Å²) in [6.07, 6.45) is 3.69. The van der Waals surface area contributed by atoms with Crippen LogP contribution in [0.1, 0.15) is 17.3 Å². The van der Waals surface area contributed by atoms with Crippen molar-refractivity contribution in [2.75, 3.05) is 6.61 Å². The van der Waals surface area contributed by atoms with Crippen LogP contribution in [0.4, 0.5) is 0 Å². The van der Waals surface area contributed by atoms with Gasteiger partial charge in [-0.15, -0.1) is 0 Å². The lowest BCUT2D eigenvalue weighted by Gasteiger charge is -2.06. The van der Waals surface area contributed by atoms with E-state index in [1.807, 2.05) is 0 Å². The van der Waals surface area contributed by atoms with Crippen molar-refractivity contribution in [2.45, 2.75) is 11.9 Å². The number of esters is 1. The van der Waals surface area contributed by atoms with Crippen LogP contribution in [-0.2, 0) is 14.8 Å². The van der Waals surface area contributed by atoms with Crippen LogP contribution in [0, 0.1) is 0 Å². The Kier molecular flexibility index (Phi) is 3.77. The van der Waals surface area contributed by atoms with Crippen molar-refractivity contribution in [1.82, 2.24) is 19.7 Å². The maximum absolute atomic E-state index is 11.7. The molecule has 10 heteroatoms. The minimum Gasteiger partial charge on any atom is -0.462 e. The summed E-state index contributed by atoms with van der Waals surface area (Å²) in [7, 11) is -4.19. The summed E-state index contributed by atoms with van der Waals surface area (Å²) in [4.78, 5) is 19.3. The van der Waals surface area contributed by atoms with E-state index < -0.39 is 21.0 Å². The van der Waals surface area contributed by atoms with E-state index >= 15 is 0 Å². The molecule has 0 saturated heterocycles. The first-order valence-corrected chi connectivity index (χ1v) is 7.04. The number of hydrogen-bond acceptors (Lipinski definition) is 7. The number of carbonyl (C=O) groups is 1. The summed E-state index contributed by atoms with van der Waals surface area (Å²) in [5, 5.41) is 8.48. The smallest absolute Gasteiger partial charge is 0.342 e. The van der Waals surface area contributed by atoms with Gasteiger partial charge in [0.15, 0.2) is 10.8 Å². The van der Waals surface area contributed by atoms with Crippen LogP contribution in [0.5, 0.6) is 0 Å². The molecule has 2 aromatic heterocycles. The molecule has 2 rings (SSSR count). The molecule has 0 aliphatic heterocycles. The maximum Gasteiger partial charge on any atom is 0.342 e. The van der Waals surface area contributed by atoms with Gasteiger partial charge in [0.1, 0.15) is 11.9 Å². The molecule has 0 radical (unpaired) electrons. The van der Waals surface area contributed by atoms with E-state index in [1.165, 1.54) is 18.6 Å². The van der Waals surface area contributed by atoms with Crippen LogP contribution >= 0.6 is 0 Å². The Balaban J connectivity index is 2.64. The van der Waals surface area contributed by atoms with E-state index in [4.69, 9.17) is 9.88 Å². The Hall–Kier alpha value is -2.33. The molecular formula is C10H11N5O4S. The molecule has 0 spiro atoms. The molecule has 0 atom stereocenters. The highest BCUT2D eigenvalue weighted by atomic mass is 32.2. The molecule has 0 unspecified atom stereocenters. The number of nitrogens with two attached hydrogens (primary N) is 1. The monoisotopic (exact) mass is 297 g/mol. The molecule has 2 N–H and O–H groups in total. The van der Waals surface area contributed by atoms with E-state index in [0.29, 0.717) is 0 Å². The van der Waals surface area contributed by atoms with Gasteiger partial charge in [-0.3, -0.25) is 0 Å². The predicted molar refractivity (Wildman–Crippen MR) is 66.5 cm³/mol. The Morgan fingerprint density at radius 2 is 2.25 bits per heavy atom. The van der Waals surface area contributed by atoms with Gasteiger partial charge in [-0.25, -0.2) is 33.0 Å². The zero-order chi connectivity index (χ0) is 14.8. The van der Waals surface area contributed by atoms with E-state index in [0.717, 1.165) is 10.9 Å². The SMILES string of the molecule is CCOC(=O)c1cnn(-c2ccncn2)c1S(N)(=O)=O. The standard InChI is InChI=1S/C10H11N5O4S/c1-2-19-10(16)7-5-14-15(9(7)20(11,17)18)8-3-4-12-6-13-8/h3-6H,2H2,1H3,(H2,11,17,18). The number of sulfonamides is 1. The van der Waals surface area contributed by atoms with Gasteiger partial charge in [-0.1, -0.05) is 0 Å². The van der Waals surface area contributed by atoms with E-state index in [-0.39, 0.29) is 18.0 Å². The average Bonchev–Trinajstić information content (AvgIpc) is 2.84. The van der Waals surface area contributed by atoms with Crippen LogP contribution in [0.25, 0.3) is 5.82 Å². The fourth-order valence-corrected chi connectivity index (χ4v) is 2.36. The zero-order valence-electron chi connectivity index (χ0n) is 10.4.